The van der Waals surface area contributed by atoms with Crippen molar-refractivity contribution >= 4 is 22.1 Å². The largest absolute Gasteiger partial charge is 0.445 e. The van der Waals surface area contributed by atoms with Crippen LogP contribution >= 0.6 is 0 Å². The lowest BCUT2D eigenvalue weighted by Crippen LogP contribution is -2.81. The van der Waals surface area contributed by atoms with Crippen LogP contribution in [0.15, 0.2) is 0 Å². The van der Waals surface area contributed by atoms with Crippen LogP contribution in [0.4, 0.5) is 0 Å². The number of ether oxygens (including phenoxy) is 3. The van der Waals surface area contributed by atoms with Gasteiger partial charge in [0.1, 0.15) is 18.3 Å². The molecule has 14 nitrogen and oxygen atoms in total. The molecule has 0 spiro atoms. The van der Waals surface area contributed by atoms with Crippen LogP contribution in [-0.4, -0.2) is 109 Å². The lowest BCUT2D eigenvalue weighted by Gasteiger charge is -2.53. The summed E-state index contributed by atoms with van der Waals surface area (Å²) in [5.41, 5.74) is -7.28. The van der Waals surface area contributed by atoms with Crippen molar-refractivity contribution in [2.45, 2.75) is 54.3 Å². The van der Waals surface area contributed by atoms with E-state index in [-0.39, 0.29) is 0 Å². The molecule has 2 aliphatic heterocycles. The van der Waals surface area contributed by atoms with Gasteiger partial charge in [-0.15, -0.1) is 0 Å². The summed E-state index contributed by atoms with van der Waals surface area (Å²) in [6, 6.07) is 0. The molecule has 15 heteroatoms. The average Bonchev–Trinajstić information content (AvgIpc) is 2.58. The van der Waals surface area contributed by atoms with Gasteiger partial charge < -0.3 is 44.8 Å². The second kappa shape index (κ2) is 6.87. The molecular weight excluding hydrogens is 400 g/mol. The quantitative estimate of drug-likeness (QED) is 0.167. The van der Waals surface area contributed by atoms with E-state index < -0.39 is 76.0 Å². The van der Waals surface area contributed by atoms with Gasteiger partial charge in [-0.3, -0.25) is 4.55 Å². The zero-order valence-electron chi connectivity index (χ0n) is 13.6. The predicted octanol–water partition coefficient (Wildman–Crippen LogP) is -5.42. The maximum Gasteiger partial charge on any atom is 0.361 e. The molecule has 0 aromatic carbocycles. The van der Waals surface area contributed by atoms with Crippen molar-refractivity contribution in [1.29, 1.82) is 0 Å². The van der Waals surface area contributed by atoms with E-state index >= 15 is 0 Å². The van der Waals surface area contributed by atoms with Gasteiger partial charge in [-0.05, 0) is 6.92 Å². The number of carbonyl (C=O) groups excluding carboxylic acids is 2. The normalized spacial score (nSPS) is 44.4. The number of esters is 2. The fourth-order valence-electron chi connectivity index (χ4n) is 2.83. The molecule has 0 aromatic rings. The fourth-order valence-corrected chi connectivity index (χ4v) is 3.56. The van der Waals surface area contributed by atoms with Crippen molar-refractivity contribution in [2.75, 3.05) is 6.61 Å². The molecular formula is C12H18O14S. The second-order valence-corrected chi connectivity index (χ2v) is 7.52. The van der Waals surface area contributed by atoms with E-state index in [1.165, 1.54) is 0 Å². The van der Waals surface area contributed by atoms with Crippen molar-refractivity contribution in [2.24, 2.45) is 0 Å². The maximum atomic E-state index is 12.4. The fraction of sp³-hybridized carbons (Fsp3) is 0.833. The maximum absolute atomic E-state index is 12.4. The van der Waals surface area contributed by atoms with Crippen molar-refractivity contribution in [3.63, 3.8) is 0 Å². The Hall–Kier alpha value is -1.43. The molecule has 27 heavy (non-hydrogen) atoms. The first kappa shape index (κ1) is 21.9. The highest BCUT2D eigenvalue weighted by Gasteiger charge is 2.77. The summed E-state index contributed by atoms with van der Waals surface area (Å²) in [5, 5.41) is 59.4. The third-order valence-corrected chi connectivity index (χ3v) is 5.22. The van der Waals surface area contributed by atoms with E-state index in [0.29, 0.717) is 0 Å². The molecule has 0 bridgehead atoms. The van der Waals surface area contributed by atoms with Gasteiger partial charge in [0.15, 0.2) is 0 Å². The van der Waals surface area contributed by atoms with Gasteiger partial charge in [-0.1, -0.05) is 0 Å². The molecule has 8 atom stereocenters. The van der Waals surface area contributed by atoms with E-state index in [0.717, 1.165) is 6.92 Å². The monoisotopic (exact) mass is 418 g/mol. The third kappa shape index (κ3) is 3.10. The Morgan fingerprint density at radius 2 is 1.74 bits per heavy atom. The Balaban J connectivity index is 2.71. The van der Waals surface area contributed by atoms with Crippen molar-refractivity contribution in [1.82, 2.24) is 0 Å². The molecule has 156 valence electrons. The summed E-state index contributed by atoms with van der Waals surface area (Å²) in [6.07, 6.45) is -10.4. The number of carbonyl (C=O) groups is 2. The lowest BCUT2D eigenvalue weighted by atomic mass is 9.81. The molecule has 3 unspecified atom stereocenters. The zero-order chi connectivity index (χ0) is 20.9. The van der Waals surface area contributed by atoms with Gasteiger partial charge in [0.2, 0.25) is 11.5 Å². The Labute approximate surface area is 151 Å². The number of rotatable bonds is 4. The van der Waals surface area contributed by atoms with E-state index in [2.05, 4.69) is 9.47 Å². The number of hydrogen-bond donors (Lipinski definition) is 7. The molecule has 2 rings (SSSR count). The van der Waals surface area contributed by atoms with Crippen LogP contribution in [0.1, 0.15) is 6.92 Å². The van der Waals surface area contributed by atoms with Crippen LogP contribution in [0, 0.1) is 0 Å². The molecule has 0 radical (unpaired) electrons. The van der Waals surface area contributed by atoms with E-state index in [9.17, 15) is 43.5 Å². The van der Waals surface area contributed by atoms with Gasteiger partial charge in [-0.25, -0.2) is 9.59 Å². The zero-order valence-corrected chi connectivity index (χ0v) is 14.4. The molecule has 0 aromatic heterocycles. The highest BCUT2D eigenvalue weighted by molar-refractivity contribution is 7.86. The van der Waals surface area contributed by atoms with Gasteiger partial charge in [0, 0.05) is 0 Å². The van der Waals surface area contributed by atoms with Crippen molar-refractivity contribution in [3.05, 3.63) is 0 Å². The highest BCUT2D eigenvalue weighted by Crippen LogP contribution is 2.44. The van der Waals surface area contributed by atoms with Gasteiger partial charge in [-0.2, -0.15) is 8.42 Å². The Bertz CT molecular complexity index is 722. The average molecular weight is 418 g/mol. The summed E-state index contributed by atoms with van der Waals surface area (Å²) in [6.45, 7) is -0.104. The van der Waals surface area contributed by atoms with E-state index in [1.807, 2.05) is 0 Å². The minimum Gasteiger partial charge on any atom is -0.445 e. The predicted molar refractivity (Wildman–Crippen MR) is 76.9 cm³/mol. The van der Waals surface area contributed by atoms with Gasteiger partial charge >= 0.3 is 17.5 Å². The smallest absolute Gasteiger partial charge is 0.361 e. The second-order valence-electron chi connectivity index (χ2n) is 6.05. The van der Waals surface area contributed by atoms with E-state index in [1.54, 1.807) is 0 Å². The van der Waals surface area contributed by atoms with Crippen molar-refractivity contribution < 1.29 is 67.4 Å². The minimum absolute atomic E-state index is 1.02. The van der Waals surface area contributed by atoms with Gasteiger partial charge in [0.05, 0.1) is 12.7 Å². The highest BCUT2D eigenvalue weighted by atomic mass is 32.2. The van der Waals surface area contributed by atoms with Crippen LogP contribution in [0.3, 0.4) is 0 Å². The third-order valence-electron chi connectivity index (χ3n) is 4.33. The first-order chi connectivity index (χ1) is 12.2. The summed E-state index contributed by atoms with van der Waals surface area (Å²) in [7, 11) is -5.68. The Kier molecular flexibility index (Phi) is 5.56. The molecule has 0 saturated carbocycles. The summed E-state index contributed by atoms with van der Waals surface area (Å²) >= 11 is 0. The number of hydrogen-bond acceptors (Lipinski definition) is 13. The summed E-state index contributed by atoms with van der Waals surface area (Å²) < 4.78 is 45.9. The SMILES string of the molecule is C[C@H]1O[C@](O)(C2(C(O)S(=O)(=O)O)OC(=O)C(CO)OC2=O)[C@H](O)[C@@H](O)[C@@H]1O. The molecule has 2 heterocycles. The van der Waals surface area contributed by atoms with E-state index in [4.69, 9.17) is 14.4 Å². The molecule has 2 fully saturated rings. The van der Waals surface area contributed by atoms with Crippen LogP contribution < -0.4 is 0 Å². The summed E-state index contributed by atoms with van der Waals surface area (Å²) in [4.78, 5) is 24.4. The Morgan fingerprint density at radius 3 is 2.22 bits per heavy atom. The van der Waals surface area contributed by atoms with Crippen LogP contribution in [0.5, 0.6) is 0 Å². The van der Waals surface area contributed by atoms with Crippen LogP contribution in [0.25, 0.3) is 0 Å². The Morgan fingerprint density at radius 1 is 1.19 bits per heavy atom. The van der Waals surface area contributed by atoms with Gasteiger partial charge in [0.25, 0.3) is 15.9 Å². The van der Waals surface area contributed by atoms with Crippen LogP contribution in [-0.2, 0) is 33.9 Å². The number of aliphatic hydroxyl groups is 6. The molecule has 0 aliphatic carbocycles. The first-order valence-corrected chi connectivity index (χ1v) is 8.88. The standard InChI is InChI=1S/C12H18O14S/c1-3-5(14)6(15)7(16)12(20,25-3)11(10(19)27(21,22)23)9(18)24-4(2-13)8(17)26-11/h3-7,10,13-16,19-20H,2H2,1H3,(H,21,22,23)/t3-,4?,5-,6+,7-,10?,11?,12+/m1/s1. The molecule has 0 amide bonds. The number of cyclic esters (lactones) is 2. The van der Waals surface area contributed by atoms with Crippen molar-refractivity contribution in [3.8, 4) is 0 Å². The number of aliphatic hydroxyl groups excluding tert-OH is 5. The van der Waals surface area contributed by atoms with Crippen LogP contribution in [0.2, 0.25) is 0 Å². The molecule has 2 saturated heterocycles. The molecule has 7 N–H and O–H groups in total. The first-order valence-electron chi connectivity index (χ1n) is 7.37. The lowest BCUT2D eigenvalue weighted by molar-refractivity contribution is -0.400. The summed E-state index contributed by atoms with van der Waals surface area (Å²) in [5.74, 6) is -7.39. The minimum atomic E-state index is -5.68. The molecule has 2 aliphatic rings. The topological polar surface area (TPSA) is 238 Å².